The standard InChI is InChI=1S/C22H34N4O3S/c1-20(7-8-20)15-29-19(27)26-10-5-16(6-11-26)22(24)14-21(22,23)9-12-28-18-4-3-17(30-2)13-25-18/h3-4,13,16H,5-12,14-15,23-24H2,1-2H3. The first-order chi connectivity index (χ1) is 14.3. The lowest BCUT2D eigenvalue weighted by atomic mass is 9.84. The number of nitrogens with zero attached hydrogens (tertiary/aromatic N) is 2. The minimum Gasteiger partial charge on any atom is -0.478 e. The second-order valence-corrected chi connectivity index (χ2v) is 10.5. The van der Waals surface area contributed by atoms with Gasteiger partial charge in [-0.2, -0.15) is 0 Å². The van der Waals surface area contributed by atoms with Crippen molar-refractivity contribution in [2.75, 3.05) is 32.6 Å². The Morgan fingerprint density at radius 3 is 2.63 bits per heavy atom. The zero-order valence-electron chi connectivity index (χ0n) is 18.1. The van der Waals surface area contributed by atoms with Crippen LogP contribution in [0.4, 0.5) is 4.79 Å². The molecule has 0 bridgehead atoms. The number of hydrogen-bond acceptors (Lipinski definition) is 7. The SMILES string of the molecule is CSc1ccc(OCCC2(N)CC2(N)C2CCN(C(=O)OCC3(C)CC3)CC2)nc1. The molecule has 2 atom stereocenters. The number of nitrogens with two attached hydrogens (primary N) is 2. The fourth-order valence-corrected chi connectivity index (χ4v) is 4.88. The highest BCUT2D eigenvalue weighted by molar-refractivity contribution is 7.98. The number of carbonyl (C=O) groups is 1. The van der Waals surface area contributed by atoms with Gasteiger partial charge in [-0.1, -0.05) is 6.92 Å². The van der Waals surface area contributed by atoms with Gasteiger partial charge in [0.05, 0.1) is 13.2 Å². The lowest BCUT2D eigenvalue weighted by Gasteiger charge is -2.36. The van der Waals surface area contributed by atoms with Crippen LogP contribution in [0.2, 0.25) is 0 Å². The van der Waals surface area contributed by atoms with E-state index in [4.69, 9.17) is 20.9 Å². The summed E-state index contributed by atoms with van der Waals surface area (Å²) in [6, 6.07) is 3.88. The summed E-state index contributed by atoms with van der Waals surface area (Å²) in [6.45, 7) is 4.59. The lowest BCUT2D eigenvalue weighted by molar-refractivity contribution is 0.0693. The molecule has 4 rings (SSSR count). The van der Waals surface area contributed by atoms with Gasteiger partial charge in [0.2, 0.25) is 5.88 Å². The fraction of sp³-hybridized carbons (Fsp3) is 0.727. The van der Waals surface area contributed by atoms with Gasteiger partial charge in [-0.3, -0.25) is 0 Å². The Hall–Kier alpha value is -1.51. The third kappa shape index (κ3) is 4.55. The van der Waals surface area contributed by atoms with Gasteiger partial charge < -0.3 is 25.8 Å². The van der Waals surface area contributed by atoms with Crippen molar-refractivity contribution >= 4 is 17.9 Å². The molecule has 0 radical (unpaired) electrons. The second kappa shape index (κ2) is 8.20. The molecule has 7 nitrogen and oxygen atoms in total. The third-order valence-corrected chi connectivity index (χ3v) is 8.00. The van der Waals surface area contributed by atoms with Crippen LogP contribution in [0.5, 0.6) is 5.88 Å². The van der Waals surface area contributed by atoms with Crippen molar-refractivity contribution < 1.29 is 14.3 Å². The van der Waals surface area contributed by atoms with Crippen molar-refractivity contribution in [3.63, 3.8) is 0 Å². The van der Waals surface area contributed by atoms with E-state index in [2.05, 4.69) is 11.9 Å². The van der Waals surface area contributed by atoms with E-state index in [-0.39, 0.29) is 17.0 Å². The molecule has 1 aromatic rings. The zero-order chi connectivity index (χ0) is 21.4. The van der Waals surface area contributed by atoms with Gasteiger partial charge in [0.1, 0.15) is 0 Å². The van der Waals surface area contributed by atoms with Crippen molar-refractivity contribution in [2.45, 2.75) is 61.4 Å². The summed E-state index contributed by atoms with van der Waals surface area (Å²) in [6.07, 6.45) is 9.21. The highest BCUT2D eigenvalue weighted by Crippen LogP contribution is 2.53. The number of piperidine rings is 1. The Morgan fingerprint density at radius 1 is 1.30 bits per heavy atom. The van der Waals surface area contributed by atoms with Crippen LogP contribution in [0.15, 0.2) is 23.2 Å². The number of hydrogen-bond donors (Lipinski definition) is 2. The van der Waals surface area contributed by atoms with Gasteiger partial charge in [0.25, 0.3) is 0 Å². The highest BCUT2D eigenvalue weighted by Gasteiger charge is 2.65. The lowest BCUT2D eigenvalue weighted by Crippen LogP contribution is -2.51. The number of likely N-dealkylation sites (tertiary alicyclic amines) is 1. The monoisotopic (exact) mass is 434 g/mol. The topological polar surface area (TPSA) is 104 Å². The van der Waals surface area contributed by atoms with Crippen molar-refractivity contribution in [1.82, 2.24) is 9.88 Å². The normalized spacial score (nSPS) is 30.1. The number of carbonyl (C=O) groups excluding carboxylic acids is 1. The molecule has 1 amide bonds. The summed E-state index contributed by atoms with van der Waals surface area (Å²) < 4.78 is 11.3. The van der Waals surface area contributed by atoms with Crippen LogP contribution in [-0.4, -0.2) is 59.6 Å². The molecule has 0 aromatic carbocycles. The van der Waals surface area contributed by atoms with E-state index < -0.39 is 5.54 Å². The van der Waals surface area contributed by atoms with Crippen LogP contribution in [0, 0.1) is 11.3 Å². The van der Waals surface area contributed by atoms with Gasteiger partial charge >= 0.3 is 6.09 Å². The van der Waals surface area contributed by atoms with Gasteiger partial charge in [0.15, 0.2) is 0 Å². The largest absolute Gasteiger partial charge is 0.478 e. The third-order valence-electron chi connectivity index (χ3n) is 7.28. The van der Waals surface area contributed by atoms with E-state index >= 15 is 0 Å². The van der Waals surface area contributed by atoms with Crippen LogP contribution in [-0.2, 0) is 4.74 Å². The van der Waals surface area contributed by atoms with E-state index in [9.17, 15) is 4.79 Å². The highest BCUT2D eigenvalue weighted by atomic mass is 32.2. The van der Waals surface area contributed by atoms with Gasteiger partial charge in [-0.05, 0) is 50.3 Å². The zero-order valence-corrected chi connectivity index (χ0v) is 18.9. The molecule has 2 saturated carbocycles. The number of pyridine rings is 1. The van der Waals surface area contributed by atoms with E-state index in [0.717, 1.165) is 37.0 Å². The molecule has 2 unspecified atom stereocenters. The first-order valence-electron chi connectivity index (χ1n) is 10.9. The van der Waals surface area contributed by atoms with Gasteiger partial charge in [-0.15, -0.1) is 11.8 Å². The Morgan fingerprint density at radius 2 is 2.03 bits per heavy atom. The molecule has 1 saturated heterocycles. The maximum atomic E-state index is 12.3. The smallest absolute Gasteiger partial charge is 0.409 e. The summed E-state index contributed by atoms with van der Waals surface area (Å²) in [5.74, 6) is 0.943. The van der Waals surface area contributed by atoms with Crippen molar-refractivity contribution in [1.29, 1.82) is 0 Å². The molecule has 166 valence electrons. The summed E-state index contributed by atoms with van der Waals surface area (Å²) in [4.78, 5) is 19.6. The Kier molecular flexibility index (Phi) is 5.94. The van der Waals surface area contributed by atoms with Crippen LogP contribution < -0.4 is 16.2 Å². The molecule has 2 aliphatic carbocycles. The van der Waals surface area contributed by atoms with Crippen LogP contribution >= 0.6 is 11.8 Å². The summed E-state index contributed by atoms with van der Waals surface area (Å²) in [7, 11) is 0. The van der Waals surface area contributed by atoms with Crippen molar-refractivity contribution in [2.24, 2.45) is 22.8 Å². The molecule has 1 aliphatic heterocycles. The van der Waals surface area contributed by atoms with E-state index in [1.807, 2.05) is 29.5 Å². The fourth-order valence-electron chi connectivity index (χ4n) is 4.52. The Balaban J connectivity index is 1.20. The number of aromatic nitrogens is 1. The Bertz CT molecular complexity index is 764. The summed E-state index contributed by atoms with van der Waals surface area (Å²) in [5.41, 5.74) is 12.8. The predicted molar refractivity (Wildman–Crippen MR) is 118 cm³/mol. The molecular formula is C22H34N4O3S. The average molecular weight is 435 g/mol. The van der Waals surface area contributed by atoms with Crippen molar-refractivity contribution in [3.05, 3.63) is 18.3 Å². The molecular weight excluding hydrogens is 400 g/mol. The van der Waals surface area contributed by atoms with E-state index in [1.165, 1.54) is 0 Å². The molecule has 8 heteroatoms. The van der Waals surface area contributed by atoms with Gasteiger partial charge in [0, 0.05) is 53.2 Å². The van der Waals surface area contributed by atoms with Crippen LogP contribution in [0.3, 0.4) is 0 Å². The predicted octanol–water partition coefficient (Wildman–Crippen LogP) is 3.02. The number of thioether (sulfide) groups is 1. The first-order valence-corrected chi connectivity index (χ1v) is 12.1. The first kappa shape index (κ1) is 21.7. The maximum absolute atomic E-state index is 12.3. The quantitative estimate of drug-likeness (QED) is 0.606. The number of rotatable bonds is 8. The van der Waals surface area contributed by atoms with E-state index in [1.54, 1.807) is 11.8 Å². The summed E-state index contributed by atoms with van der Waals surface area (Å²) in [5, 5.41) is 0. The molecule has 4 N–H and O–H groups in total. The molecule has 1 aromatic heterocycles. The van der Waals surface area contributed by atoms with Crippen molar-refractivity contribution in [3.8, 4) is 5.88 Å². The molecule has 30 heavy (non-hydrogen) atoms. The maximum Gasteiger partial charge on any atom is 0.409 e. The molecule has 3 aliphatic rings. The minimum atomic E-state index is -0.403. The molecule has 0 spiro atoms. The Labute approximate surface area is 183 Å². The number of amides is 1. The van der Waals surface area contributed by atoms with Crippen LogP contribution in [0.1, 0.15) is 45.4 Å². The second-order valence-electron chi connectivity index (χ2n) is 9.63. The minimum absolute atomic E-state index is 0.184. The van der Waals surface area contributed by atoms with Gasteiger partial charge in [-0.25, -0.2) is 9.78 Å². The van der Waals surface area contributed by atoms with Crippen LogP contribution in [0.25, 0.3) is 0 Å². The average Bonchev–Trinajstić information content (AvgIpc) is 3.63. The summed E-state index contributed by atoms with van der Waals surface area (Å²) >= 11 is 1.65. The number of ether oxygens (including phenoxy) is 2. The molecule has 3 fully saturated rings. The van der Waals surface area contributed by atoms with E-state index in [0.29, 0.717) is 44.5 Å². The molecule has 2 heterocycles.